The van der Waals surface area contributed by atoms with Crippen LogP contribution in [0.15, 0.2) is 68.1 Å². The molecule has 0 atom stereocenters. The first-order chi connectivity index (χ1) is 17.0. The normalized spacial score (nSPS) is 13.3. The Morgan fingerprint density at radius 2 is 2.03 bits per heavy atom. The van der Waals surface area contributed by atoms with Gasteiger partial charge >= 0.3 is 0 Å². The summed E-state index contributed by atoms with van der Waals surface area (Å²) in [6.07, 6.45) is 5.55. The van der Waals surface area contributed by atoms with E-state index in [1.54, 1.807) is 40.2 Å². The zero-order valence-corrected chi connectivity index (χ0v) is 21.8. The van der Waals surface area contributed by atoms with E-state index < -0.39 is 0 Å². The molecule has 1 aliphatic rings. The molecule has 0 saturated carbocycles. The number of aryl methyl sites for hydroxylation is 2. The summed E-state index contributed by atoms with van der Waals surface area (Å²) in [5, 5.41) is 14.7. The number of hydrogen-bond donors (Lipinski definition) is 2. The number of thioether (sulfide) groups is 1. The van der Waals surface area contributed by atoms with Crippen molar-refractivity contribution in [3.63, 3.8) is 0 Å². The fraction of sp³-hybridized carbons (Fsp3) is 0.200. The summed E-state index contributed by atoms with van der Waals surface area (Å²) < 4.78 is 2.51. The molecule has 178 valence electrons. The molecule has 35 heavy (non-hydrogen) atoms. The number of nitrogens with one attached hydrogen (secondary N) is 1. The molecule has 10 heteroatoms. The number of carbonyl (C=O) groups excluding carboxylic acids is 1. The predicted octanol–water partition coefficient (Wildman–Crippen LogP) is 5.04. The van der Waals surface area contributed by atoms with E-state index >= 15 is 0 Å². The highest BCUT2D eigenvalue weighted by molar-refractivity contribution is 9.10. The van der Waals surface area contributed by atoms with Gasteiger partial charge in [0.05, 0.1) is 23.0 Å². The van der Waals surface area contributed by atoms with E-state index in [0.717, 1.165) is 40.5 Å². The number of hydrogen-bond acceptors (Lipinski definition) is 7. The average Bonchev–Trinajstić information content (AvgIpc) is 3.22. The van der Waals surface area contributed by atoms with E-state index in [4.69, 9.17) is 4.98 Å². The summed E-state index contributed by atoms with van der Waals surface area (Å²) >= 11 is 6.24. The molecule has 0 radical (unpaired) electrons. The summed E-state index contributed by atoms with van der Waals surface area (Å²) in [6, 6.07) is 14.1. The van der Waals surface area contributed by atoms with Crippen LogP contribution in [-0.2, 0) is 17.6 Å². The lowest BCUT2D eigenvalue weighted by Gasteiger charge is -2.13. The van der Waals surface area contributed by atoms with Crippen molar-refractivity contribution in [1.29, 1.82) is 0 Å². The lowest BCUT2D eigenvalue weighted by molar-refractivity contribution is -0.118. The number of carbonyl (C=O) groups is 1. The van der Waals surface area contributed by atoms with E-state index in [0.29, 0.717) is 21.8 Å². The molecule has 7 nitrogen and oxygen atoms in total. The van der Waals surface area contributed by atoms with Crippen molar-refractivity contribution in [2.45, 2.75) is 30.8 Å². The zero-order chi connectivity index (χ0) is 24.4. The van der Waals surface area contributed by atoms with Crippen LogP contribution in [0.1, 0.15) is 28.8 Å². The molecule has 0 spiro atoms. The molecule has 2 heterocycles. The predicted molar refractivity (Wildman–Crippen MR) is 144 cm³/mol. The number of phenolic OH excluding ortho intramolecular Hbond substituents is 1. The van der Waals surface area contributed by atoms with Crippen LogP contribution in [0.5, 0.6) is 5.75 Å². The number of thiophene rings is 1. The number of fused-ring (bicyclic) bond motifs is 3. The number of halogens is 1. The highest BCUT2D eigenvalue weighted by Gasteiger charge is 2.23. The van der Waals surface area contributed by atoms with Gasteiger partial charge in [-0.05, 0) is 73.2 Å². The molecule has 0 aliphatic heterocycles. The minimum atomic E-state index is -0.325. The van der Waals surface area contributed by atoms with Crippen molar-refractivity contribution in [3.05, 3.63) is 79.4 Å². The molecule has 4 aromatic rings. The minimum absolute atomic E-state index is 0.0386. The van der Waals surface area contributed by atoms with Crippen LogP contribution in [0.25, 0.3) is 15.9 Å². The Balaban J connectivity index is 1.43. The van der Waals surface area contributed by atoms with Crippen molar-refractivity contribution in [3.8, 4) is 11.4 Å². The highest BCUT2D eigenvalue weighted by Crippen LogP contribution is 2.35. The van der Waals surface area contributed by atoms with Gasteiger partial charge in [0.2, 0.25) is 0 Å². The number of aromatic nitrogens is 2. The maximum absolute atomic E-state index is 13.7. The van der Waals surface area contributed by atoms with Gasteiger partial charge in [-0.25, -0.2) is 10.4 Å². The summed E-state index contributed by atoms with van der Waals surface area (Å²) in [7, 11) is 0. The fourth-order valence-electron chi connectivity index (χ4n) is 4.05. The molecule has 1 amide bonds. The smallest absolute Gasteiger partial charge is 0.267 e. The fourth-order valence-corrected chi connectivity index (χ4v) is 6.42. The highest BCUT2D eigenvalue weighted by atomic mass is 79.9. The lowest BCUT2D eigenvalue weighted by Crippen LogP contribution is -2.24. The molecular formula is C25H21BrN4O3S2. The molecule has 2 aromatic heterocycles. The molecule has 0 fully saturated rings. The Morgan fingerprint density at radius 1 is 1.23 bits per heavy atom. The number of phenols is 1. The van der Waals surface area contributed by atoms with E-state index in [-0.39, 0.29) is 23.0 Å². The van der Waals surface area contributed by atoms with Gasteiger partial charge in [-0.3, -0.25) is 14.2 Å². The van der Waals surface area contributed by atoms with E-state index in [2.05, 4.69) is 26.5 Å². The zero-order valence-electron chi connectivity index (χ0n) is 18.5. The number of amides is 1. The first kappa shape index (κ1) is 23.8. The summed E-state index contributed by atoms with van der Waals surface area (Å²) in [4.78, 5) is 33.0. The van der Waals surface area contributed by atoms with Crippen molar-refractivity contribution < 1.29 is 9.90 Å². The minimum Gasteiger partial charge on any atom is -0.508 e. The van der Waals surface area contributed by atoms with Gasteiger partial charge in [-0.1, -0.05) is 39.8 Å². The van der Waals surface area contributed by atoms with Crippen LogP contribution in [0.3, 0.4) is 0 Å². The molecule has 0 saturated heterocycles. The van der Waals surface area contributed by atoms with Crippen molar-refractivity contribution in [1.82, 2.24) is 15.0 Å². The molecule has 0 unspecified atom stereocenters. The summed E-state index contributed by atoms with van der Waals surface area (Å²) in [5.41, 5.74) is 4.89. The Kier molecular flexibility index (Phi) is 7.03. The Morgan fingerprint density at radius 3 is 2.83 bits per heavy atom. The first-order valence-electron chi connectivity index (χ1n) is 11.1. The Hall–Kier alpha value is -2.95. The van der Waals surface area contributed by atoms with Crippen molar-refractivity contribution in [2.24, 2.45) is 5.10 Å². The topological polar surface area (TPSA) is 96.6 Å². The number of aromatic hydroxyl groups is 1. The van der Waals surface area contributed by atoms with Crippen LogP contribution >= 0.6 is 39.0 Å². The SMILES string of the molecule is O=C(CSc1nc2sc3c(c2c(=O)n1-c1ccc(Br)cc1)CCCC3)NN=Cc1cccc(O)c1. The molecule has 5 rings (SSSR count). The maximum Gasteiger partial charge on any atom is 0.267 e. The largest absolute Gasteiger partial charge is 0.508 e. The second kappa shape index (κ2) is 10.3. The molecule has 2 aromatic carbocycles. The third-order valence-corrected chi connectivity index (χ3v) is 8.30. The van der Waals surface area contributed by atoms with Gasteiger partial charge in [0.25, 0.3) is 11.5 Å². The number of rotatable bonds is 6. The van der Waals surface area contributed by atoms with E-state index in [1.165, 1.54) is 22.9 Å². The van der Waals surface area contributed by atoms with Gasteiger partial charge in [0.15, 0.2) is 5.16 Å². The third kappa shape index (κ3) is 5.19. The Labute approximate surface area is 218 Å². The molecule has 0 bridgehead atoms. The standard InChI is InChI=1S/C25H21BrN4O3S2/c26-16-8-10-17(11-9-16)30-24(33)22-19-6-1-2-7-20(19)35-23(22)28-25(30)34-14-21(32)29-27-13-15-4-3-5-18(31)12-15/h3-5,8-13,31H,1-2,6-7,14H2,(H,29,32). The molecule has 2 N–H and O–H groups in total. The lowest BCUT2D eigenvalue weighted by atomic mass is 9.97. The second-order valence-electron chi connectivity index (χ2n) is 8.08. The van der Waals surface area contributed by atoms with Crippen molar-refractivity contribution in [2.75, 3.05) is 5.75 Å². The van der Waals surface area contributed by atoms with Gasteiger partial charge < -0.3 is 5.11 Å². The van der Waals surface area contributed by atoms with Gasteiger partial charge in [-0.2, -0.15) is 5.10 Å². The summed E-state index contributed by atoms with van der Waals surface area (Å²) in [5.74, 6) is -0.163. The molecule has 1 aliphatic carbocycles. The van der Waals surface area contributed by atoms with E-state index in [1.807, 2.05) is 24.3 Å². The second-order valence-corrected chi connectivity index (χ2v) is 11.0. The first-order valence-corrected chi connectivity index (χ1v) is 13.7. The van der Waals surface area contributed by atoms with Crippen LogP contribution in [0.4, 0.5) is 0 Å². The van der Waals surface area contributed by atoms with Gasteiger partial charge in [0, 0.05) is 9.35 Å². The number of hydrazone groups is 1. The van der Waals surface area contributed by atoms with Crippen LogP contribution in [-0.4, -0.2) is 32.5 Å². The average molecular weight is 570 g/mol. The summed E-state index contributed by atoms with van der Waals surface area (Å²) in [6.45, 7) is 0. The molecular weight excluding hydrogens is 548 g/mol. The Bertz CT molecular complexity index is 1500. The number of benzene rings is 2. The van der Waals surface area contributed by atoms with Gasteiger partial charge in [-0.15, -0.1) is 11.3 Å². The van der Waals surface area contributed by atoms with Crippen molar-refractivity contribution >= 4 is 61.4 Å². The number of nitrogens with zero attached hydrogens (tertiary/aromatic N) is 3. The quantitative estimate of drug-likeness (QED) is 0.147. The van der Waals surface area contributed by atoms with E-state index in [9.17, 15) is 14.7 Å². The monoisotopic (exact) mass is 568 g/mol. The van der Waals surface area contributed by atoms with Crippen LogP contribution in [0, 0.1) is 0 Å². The maximum atomic E-state index is 13.7. The van der Waals surface area contributed by atoms with Crippen LogP contribution < -0.4 is 11.0 Å². The van der Waals surface area contributed by atoms with Crippen LogP contribution in [0.2, 0.25) is 0 Å². The van der Waals surface area contributed by atoms with Gasteiger partial charge in [0.1, 0.15) is 10.6 Å². The third-order valence-electron chi connectivity index (χ3n) is 5.65.